The molecule has 0 aliphatic carbocycles. The lowest BCUT2D eigenvalue weighted by Gasteiger charge is -2.25. The fourth-order valence-electron chi connectivity index (χ4n) is 4.17. The Bertz CT molecular complexity index is 1390. The van der Waals surface area contributed by atoms with Gasteiger partial charge < -0.3 is 4.90 Å². The van der Waals surface area contributed by atoms with Crippen molar-refractivity contribution in [1.82, 2.24) is 0 Å². The molecule has 0 heterocycles. The van der Waals surface area contributed by atoms with Gasteiger partial charge in [-0.1, -0.05) is 103 Å². The zero-order valence-electron chi connectivity index (χ0n) is 19.8. The molecule has 0 aromatic heterocycles. The van der Waals surface area contributed by atoms with Crippen molar-refractivity contribution in [3.8, 4) is 22.3 Å². The van der Waals surface area contributed by atoms with Crippen LogP contribution in [-0.2, 0) is 0 Å². The van der Waals surface area contributed by atoms with Crippen molar-refractivity contribution in [3.63, 3.8) is 0 Å². The van der Waals surface area contributed by atoms with E-state index in [1.54, 1.807) is 11.8 Å². The first kappa shape index (κ1) is 22.8. The lowest BCUT2D eigenvalue weighted by Crippen LogP contribution is -2.13. The Hall–Kier alpha value is -4.01. The summed E-state index contributed by atoms with van der Waals surface area (Å²) < 4.78 is 0. The van der Waals surface area contributed by atoms with Crippen LogP contribution in [0.4, 0.5) is 11.4 Å². The summed E-state index contributed by atoms with van der Waals surface area (Å²) in [6.07, 6.45) is 0. The van der Waals surface area contributed by atoms with Crippen LogP contribution in [0.2, 0.25) is 0 Å². The third-order valence-electron chi connectivity index (χ3n) is 5.91. The number of allylic oxidation sites excluding steroid dienone is 1. The van der Waals surface area contributed by atoms with E-state index < -0.39 is 0 Å². The predicted octanol–water partition coefficient (Wildman–Crippen LogP) is 9.84. The van der Waals surface area contributed by atoms with E-state index >= 15 is 0 Å². The molecule has 0 spiro atoms. The highest BCUT2D eigenvalue weighted by Gasteiger charge is 2.11. The highest BCUT2D eigenvalue weighted by molar-refractivity contribution is 7.99. The summed E-state index contributed by atoms with van der Waals surface area (Å²) >= 11 is 1.78. The first-order chi connectivity index (χ1) is 17.2. The summed E-state index contributed by atoms with van der Waals surface area (Å²) in [6.45, 7) is 6.28. The number of nitrogens with zero attached hydrogens (tertiary/aromatic N) is 1. The maximum Gasteiger partial charge on any atom is 0.0458 e. The van der Waals surface area contributed by atoms with Gasteiger partial charge in [0.05, 0.1) is 0 Å². The summed E-state index contributed by atoms with van der Waals surface area (Å²) in [7, 11) is 0. The molecule has 0 bridgehead atoms. The normalized spacial score (nSPS) is 10.7. The summed E-state index contributed by atoms with van der Waals surface area (Å²) in [6, 6.07) is 47.1. The molecular weight excluding hydrogens is 442 g/mol. The van der Waals surface area contributed by atoms with Crippen molar-refractivity contribution >= 4 is 23.1 Å². The van der Waals surface area contributed by atoms with Crippen LogP contribution in [0.15, 0.2) is 156 Å². The van der Waals surface area contributed by atoms with Crippen molar-refractivity contribution in [2.24, 2.45) is 0 Å². The van der Waals surface area contributed by atoms with E-state index in [9.17, 15) is 0 Å². The zero-order valence-corrected chi connectivity index (χ0v) is 20.6. The Kier molecular flexibility index (Phi) is 6.83. The monoisotopic (exact) mass is 469 g/mol. The average Bonchev–Trinajstić information content (AvgIpc) is 2.91. The zero-order chi connectivity index (χ0) is 24.0. The Balaban J connectivity index is 1.34. The van der Waals surface area contributed by atoms with E-state index in [0.29, 0.717) is 0 Å². The second-order valence-corrected chi connectivity index (χ2v) is 9.62. The molecule has 0 saturated carbocycles. The van der Waals surface area contributed by atoms with Crippen LogP contribution >= 0.6 is 11.8 Å². The lowest BCUT2D eigenvalue weighted by atomic mass is 10.0. The van der Waals surface area contributed by atoms with E-state index in [-0.39, 0.29) is 0 Å². The number of benzene rings is 5. The molecule has 170 valence electrons. The van der Waals surface area contributed by atoms with Gasteiger partial charge in [0.2, 0.25) is 0 Å². The molecule has 0 aliphatic rings. The summed E-state index contributed by atoms with van der Waals surface area (Å²) in [5.41, 5.74) is 8.03. The van der Waals surface area contributed by atoms with Crippen LogP contribution in [0.1, 0.15) is 6.92 Å². The largest absolute Gasteiger partial charge is 0.315 e. The fraction of sp³-hybridized carbons (Fsp3) is 0.0303. The molecule has 0 N–H and O–H groups in total. The third-order valence-corrected chi connectivity index (χ3v) is 6.92. The van der Waals surface area contributed by atoms with Crippen molar-refractivity contribution < 1.29 is 0 Å². The Morgan fingerprint density at radius 1 is 0.486 bits per heavy atom. The topological polar surface area (TPSA) is 3.24 Å². The van der Waals surface area contributed by atoms with Crippen LogP contribution in [0.25, 0.3) is 22.3 Å². The number of hydrogen-bond acceptors (Lipinski definition) is 2. The summed E-state index contributed by atoms with van der Waals surface area (Å²) in [5, 5.41) is 0. The van der Waals surface area contributed by atoms with E-state index in [1.807, 2.05) is 19.1 Å². The SMILES string of the molecule is C=C(C)N(c1ccc(-c2ccccc2)cc1)c1ccc(-c2ccc(Sc3ccccc3)cc2)cc1. The number of anilines is 2. The predicted molar refractivity (Wildman–Crippen MR) is 151 cm³/mol. The lowest BCUT2D eigenvalue weighted by molar-refractivity contribution is 1.17. The van der Waals surface area contributed by atoms with Gasteiger partial charge in [-0.05, 0) is 77.7 Å². The molecule has 0 saturated heterocycles. The Labute approximate surface area is 212 Å². The Morgan fingerprint density at radius 3 is 1.31 bits per heavy atom. The van der Waals surface area contributed by atoms with Crippen LogP contribution in [-0.4, -0.2) is 0 Å². The van der Waals surface area contributed by atoms with Crippen LogP contribution in [0.3, 0.4) is 0 Å². The standard InChI is InChI=1S/C33H27NS/c1-25(2)34(30-19-13-27(14-20-30)26-9-5-3-6-10-26)31-21-15-28(16-22-31)29-17-23-33(24-18-29)35-32-11-7-4-8-12-32/h3-24H,1H2,2H3. The van der Waals surface area contributed by atoms with Crippen LogP contribution in [0.5, 0.6) is 0 Å². The molecule has 5 rings (SSSR count). The van der Waals surface area contributed by atoms with Gasteiger partial charge in [0.15, 0.2) is 0 Å². The molecule has 0 unspecified atom stereocenters. The molecular formula is C33H27NS. The first-order valence-electron chi connectivity index (χ1n) is 11.7. The summed E-state index contributed by atoms with van der Waals surface area (Å²) in [5.74, 6) is 0. The fourth-order valence-corrected chi connectivity index (χ4v) is 5.00. The molecule has 35 heavy (non-hydrogen) atoms. The molecule has 2 heteroatoms. The van der Waals surface area contributed by atoms with E-state index in [4.69, 9.17) is 0 Å². The molecule has 0 aliphatic heterocycles. The highest BCUT2D eigenvalue weighted by atomic mass is 32.2. The van der Waals surface area contributed by atoms with Gasteiger partial charge in [-0.2, -0.15) is 0 Å². The van der Waals surface area contributed by atoms with Crippen molar-refractivity contribution in [2.45, 2.75) is 16.7 Å². The molecule has 5 aromatic rings. The minimum absolute atomic E-state index is 0.979. The minimum Gasteiger partial charge on any atom is -0.315 e. The maximum absolute atomic E-state index is 4.24. The van der Waals surface area contributed by atoms with Gasteiger partial charge in [0, 0.05) is 26.9 Å². The van der Waals surface area contributed by atoms with Gasteiger partial charge in [0.1, 0.15) is 0 Å². The van der Waals surface area contributed by atoms with Crippen molar-refractivity contribution in [3.05, 3.63) is 146 Å². The van der Waals surface area contributed by atoms with Gasteiger partial charge in [-0.25, -0.2) is 0 Å². The third kappa shape index (κ3) is 5.40. The molecule has 5 aromatic carbocycles. The van der Waals surface area contributed by atoms with Gasteiger partial charge in [-0.15, -0.1) is 0 Å². The van der Waals surface area contributed by atoms with Gasteiger partial charge >= 0.3 is 0 Å². The smallest absolute Gasteiger partial charge is 0.0458 e. The molecule has 1 nitrogen and oxygen atoms in total. The molecule has 0 amide bonds. The minimum atomic E-state index is 0.979. The quantitative estimate of drug-likeness (QED) is 0.233. The second-order valence-electron chi connectivity index (χ2n) is 8.47. The van der Waals surface area contributed by atoms with Gasteiger partial charge in [-0.3, -0.25) is 0 Å². The van der Waals surface area contributed by atoms with E-state index in [0.717, 1.165) is 17.1 Å². The molecule has 0 radical (unpaired) electrons. The second kappa shape index (κ2) is 10.5. The van der Waals surface area contributed by atoms with Gasteiger partial charge in [0.25, 0.3) is 0 Å². The van der Waals surface area contributed by atoms with Crippen molar-refractivity contribution in [1.29, 1.82) is 0 Å². The summed E-state index contributed by atoms with van der Waals surface area (Å²) in [4.78, 5) is 4.68. The van der Waals surface area contributed by atoms with Crippen LogP contribution in [0, 0.1) is 0 Å². The molecule has 0 fully saturated rings. The first-order valence-corrected chi connectivity index (χ1v) is 12.5. The number of hydrogen-bond donors (Lipinski definition) is 0. The molecule has 0 atom stereocenters. The number of rotatable bonds is 7. The maximum atomic E-state index is 4.24. The average molecular weight is 470 g/mol. The highest BCUT2D eigenvalue weighted by Crippen LogP contribution is 2.34. The van der Waals surface area contributed by atoms with Crippen LogP contribution < -0.4 is 4.90 Å². The van der Waals surface area contributed by atoms with Crippen molar-refractivity contribution in [2.75, 3.05) is 4.90 Å². The Morgan fingerprint density at radius 2 is 0.857 bits per heavy atom. The van der Waals surface area contributed by atoms with E-state index in [1.165, 1.54) is 32.0 Å². The van der Waals surface area contributed by atoms with E-state index in [2.05, 4.69) is 133 Å².